The molecule has 0 aliphatic carbocycles. The van der Waals surface area contributed by atoms with E-state index < -0.39 is 0 Å². The number of aliphatic hydroxyl groups is 1. The van der Waals surface area contributed by atoms with E-state index in [0.29, 0.717) is 17.9 Å². The first-order chi connectivity index (χ1) is 8.17. The molecule has 0 aromatic heterocycles. The fourth-order valence-corrected chi connectivity index (χ4v) is 1.91. The van der Waals surface area contributed by atoms with Crippen molar-refractivity contribution in [3.05, 3.63) is 17.7 Å². The van der Waals surface area contributed by atoms with E-state index in [1.54, 1.807) is 12.1 Å². The number of hydrogen-bond acceptors (Lipinski definition) is 4. The van der Waals surface area contributed by atoms with Crippen molar-refractivity contribution in [1.29, 1.82) is 0 Å². The Hall–Kier alpha value is -1.42. The van der Waals surface area contributed by atoms with Crippen LogP contribution in [0.4, 0.5) is 0 Å². The van der Waals surface area contributed by atoms with Gasteiger partial charge in [0, 0.05) is 6.61 Å². The Bertz CT molecular complexity index is 337. The highest BCUT2D eigenvalue weighted by Crippen LogP contribution is 2.40. The monoisotopic (exact) mass is 240 g/mol. The normalized spacial score (nSPS) is 12.2. The van der Waals surface area contributed by atoms with Gasteiger partial charge in [0.1, 0.15) is 0 Å². The first kappa shape index (κ1) is 13.6. The Labute approximate surface area is 102 Å². The van der Waals surface area contributed by atoms with Crippen LogP contribution in [0.25, 0.3) is 0 Å². The largest absolute Gasteiger partial charge is 0.502 e. The second-order valence-corrected chi connectivity index (χ2v) is 3.89. The molecule has 0 saturated heterocycles. The van der Waals surface area contributed by atoms with Crippen molar-refractivity contribution in [2.45, 2.75) is 25.7 Å². The molecule has 1 unspecified atom stereocenters. The van der Waals surface area contributed by atoms with Crippen LogP contribution in [0, 0.1) is 0 Å². The van der Waals surface area contributed by atoms with E-state index in [0.717, 1.165) is 12.0 Å². The second kappa shape index (κ2) is 6.35. The van der Waals surface area contributed by atoms with Crippen LogP contribution in [-0.4, -0.2) is 31.0 Å². The molecular weight excluding hydrogens is 220 g/mol. The molecule has 2 N–H and O–H groups in total. The summed E-state index contributed by atoms with van der Waals surface area (Å²) in [4.78, 5) is 0. The number of aromatic hydroxyl groups is 1. The zero-order chi connectivity index (χ0) is 12.8. The van der Waals surface area contributed by atoms with Crippen LogP contribution in [0.5, 0.6) is 17.2 Å². The zero-order valence-electron chi connectivity index (χ0n) is 10.6. The lowest BCUT2D eigenvalue weighted by atomic mass is 9.93. The molecular formula is C13H20O4. The molecule has 17 heavy (non-hydrogen) atoms. The molecule has 0 bridgehead atoms. The number of aliphatic hydroxyl groups excluding tert-OH is 1. The molecule has 0 heterocycles. The van der Waals surface area contributed by atoms with E-state index in [1.165, 1.54) is 14.2 Å². The molecule has 4 heteroatoms. The van der Waals surface area contributed by atoms with E-state index in [1.807, 2.05) is 0 Å². The predicted molar refractivity (Wildman–Crippen MR) is 65.9 cm³/mol. The fourth-order valence-electron chi connectivity index (χ4n) is 1.91. The fraction of sp³-hybridized carbons (Fsp3) is 0.538. The Morgan fingerprint density at radius 3 is 2.06 bits per heavy atom. The van der Waals surface area contributed by atoms with Crippen LogP contribution in [0.2, 0.25) is 0 Å². The average Bonchev–Trinajstić information content (AvgIpc) is 2.36. The van der Waals surface area contributed by atoms with Crippen molar-refractivity contribution >= 4 is 0 Å². The molecule has 96 valence electrons. The maximum atomic E-state index is 9.80. The first-order valence-electron chi connectivity index (χ1n) is 5.73. The van der Waals surface area contributed by atoms with Gasteiger partial charge in [0.15, 0.2) is 11.5 Å². The molecule has 1 aromatic rings. The lowest BCUT2D eigenvalue weighted by molar-refractivity contribution is 0.273. The number of benzene rings is 1. The highest BCUT2D eigenvalue weighted by atomic mass is 16.5. The highest BCUT2D eigenvalue weighted by Gasteiger charge is 2.16. The minimum Gasteiger partial charge on any atom is -0.502 e. The zero-order valence-corrected chi connectivity index (χ0v) is 10.6. The predicted octanol–water partition coefficient (Wildman–Crippen LogP) is 2.29. The van der Waals surface area contributed by atoms with E-state index in [2.05, 4.69) is 6.92 Å². The first-order valence-corrected chi connectivity index (χ1v) is 5.73. The summed E-state index contributed by atoms with van der Waals surface area (Å²) in [6.45, 7) is 2.20. The maximum Gasteiger partial charge on any atom is 0.200 e. The van der Waals surface area contributed by atoms with Gasteiger partial charge in [-0.25, -0.2) is 0 Å². The number of phenolic OH excluding ortho intramolecular Hbond substituents is 1. The summed E-state index contributed by atoms with van der Waals surface area (Å²) in [6.07, 6.45) is 1.60. The number of hydrogen-bond donors (Lipinski definition) is 2. The van der Waals surface area contributed by atoms with Gasteiger partial charge in [-0.05, 0) is 36.5 Å². The highest BCUT2D eigenvalue weighted by molar-refractivity contribution is 5.53. The van der Waals surface area contributed by atoms with Crippen molar-refractivity contribution in [2.24, 2.45) is 0 Å². The van der Waals surface area contributed by atoms with Crippen LogP contribution < -0.4 is 9.47 Å². The van der Waals surface area contributed by atoms with Gasteiger partial charge in [0.05, 0.1) is 14.2 Å². The third-order valence-electron chi connectivity index (χ3n) is 2.94. The van der Waals surface area contributed by atoms with Crippen molar-refractivity contribution in [3.8, 4) is 17.2 Å². The Kier molecular flexibility index (Phi) is 5.10. The lowest BCUT2D eigenvalue weighted by Gasteiger charge is -2.17. The van der Waals surface area contributed by atoms with E-state index >= 15 is 0 Å². The maximum absolute atomic E-state index is 9.80. The molecule has 1 atom stereocenters. The molecule has 4 nitrogen and oxygen atoms in total. The standard InChI is InChI=1S/C13H20O4/c1-4-9(5-6-14)10-7-11(16-2)13(15)12(8-10)17-3/h7-9,14-15H,4-6H2,1-3H3. The van der Waals surface area contributed by atoms with Crippen LogP contribution in [0.1, 0.15) is 31.2 Å². The smallest absolute Gasteiger partial charge is 0.200 e. The van der Waals surface area contributed by atoms with E-state index in [-0.39, 0.29) is 18.3 Å². The molecule has 1 aromatic carbocycles. The third kappa shape index (κ3) is 3.03. The Morgan fingerprint density at radius 2 is 1.71 bits per heavy atom. The van der Waals surface area contributed by atoms with E-state index in [4.69, 9.17) is 14.6 Å². The SMILES string of the molecule is CCC(CCO)c1cc(OC)c(O)c(OC)c1. The quantitative estimate of drug-likeness (QED) is 0.801. The topological polar surface area (TPSA) is 58.9 Å². The number of methoxy groups -OCH3 is 2. The summed E-state index contributed by atoms with van der Waals surface area (Å²) in [5.74, 6) is 1.05. The van der Waals surface area contributed by atoms with Gasteiger partial charge in [-0.1, -0.05) is 6.92 Å². The number of ether oxygens (including phenoxy) is 2. The van der Waals surface area contributed by atoms with Gasteiger partial charge in [-0.2, -0.15) is 0 Å². The molecule has 1 rings (SSSR count). The molecule has 0 aliphatic rings. The Balaban J connectivity index is 3.15. The average molecular weight is 240 g/mol. The van der Waals surface area contributed by atoms with E-state index in [9.17, 15) is 5.11 Å². The van der Waals surface area contributed by atoms with Crippen molar-refractivity contribution in [3.63, 3.8) is 0 Å². The molecule has 0 radical (unpaired) electrons. The number of phenols is 1. The summed E-state index contributed by atoms with van der Waals surface area (Å²) in [5, 5.41) is 18.8. The minimum atomic E-state index is 0.0117. The third-order valence-corrected chi connectivity index (χ3v) is 2.94. The van der Waals surface area contributed by atoms with Crippen LogP contribution in [0.15, 0.2) is 12.1 Å². The van der Waals surface area contributed by atoms with Crippen LogP contribution >= 0.6 is 0 Å². The van der Waals surface area contributed by atoms with Crippen LogP contribution in [0.3, 0.4) is 0 Å². The van der Waals surface area contributed by atoms with Gasteiger partial charge in [-0.3, -0.25) is 0 Å². The summed E-state index contributed by atoms with van der Waals surface area (Å²) in [7, 11) is 3.01. The van der Waals surface area contributed by atoms with Crippen molar-refractivity contribution in [1.82, 2.24) is 0 Å². The molecule has 0 spiro atoms. The van der Waals surface area contributed by atoms with Crippen molar-refractivity contribution < 1.29 is 19.7 Å². The van der Waals surface area contributed by atoms with Crippen LogP contribution in [-0.2, 0) is 0 Å². The summed E-state index contributed by atoms with van der Waals surface area (Å²) < 4.78 is 10.2. The van der Waals surface area contributed by atoms with Gasteiger partial charge < -0.3 is 19.7 Å². The number of rotatable bonds is 6. The van der Waals surface area contributed by atoms with Gasteiger partial charge >= 0.3 is 0 Å². The molecule has 0 saturated carbocycles. The summed E-state index contributed by atoms with van der Waals surface area (Å²) in [5.41, 5.74) is 1.01. The van der Waals surface area contributed by atoms with Gasteiger partial charge in [0.2, 0.25) is 5.75 Å². The molecule has 0 amide bonds. The molecule has 0 fully saturated rings. The lowest BCUT2D eigenvalue weighted by Crippen LogP contribution is -2.02. The summed E-state index contributed by atoms with van der Waals surface area (Å²) >= 11 is 0. The minimum absolute atomic E-state index is 0.0117. The second-order valence-electron chi connectivity index (χ2n) is 3.89. The van der Waals surface area contributed by atoms with Gasteiger partial charge in [0.25, 0.3) is 0 Å². The van der Waals surface area contributed by atoms with Crippen molar-refractivity contribution in [2.75, 3.05) is 20.8 Å². The molecule has 0 aliphatic heterocycles. The summed E-state index contributed by atoms with van der Waals surface area (Å²) in [6, 6.07) is 3.59. The Morgan fingerprint density at radius 1 is 1.18 bits per heavy atom. The van der Waals surface area contributed by atoms with Gasteiger partial charge in [-0.15, -0.1) is 0 Å².